The number of carbonyl (C=O) groups is 1. The van der Waals surface area contributed by atoms with Gasteiger partial charge in [-0.05, 0) is 30.9 Å². The molecule has 5 N–H and O–H groups in total. The molecule has 0 aliphatic heterocycles. The van der Waals surface area contributed by atoms with Crippen molar-refractivity contribution < 1.29 is 15.4 Å². The van der Waals surface area contributed by atoms with Crippen LogP contribution in [-0.2, 0) is 11.2 Å². The van der Waals surface area contributed by atoms with E-state index in [4.69, 9.17) is 5.73 Å². The lowest BCUT2D eigenvalue weighted by Gasteiger charge is -2.22. The molecule has 0 saturated heterocycles. The number of hydrogen-bond donors (Lipinski definition) is 2. The summed E-state index contributed by atoms with van der Waals surface area (Å²) in [6.45, 7) is 0. The molecule has 24 heavy (non-hydrogen) atoms. The first-order valence-corrected chi connectivity index (χ1v) is 8.10. The first-order valence-electron chi connectivity index (χ1n) is 8.10. The van der Waals surface area contributed by atoms with Crippen LogP contribution in [0.3, 0.4) is 0 Å². The normalized spacial score (nSPS) is 16.3. The Morgan fingerprint density at radius 3 is 2.67 bits per heavy atom. The summed E-state index contributed by atoms with van der Waals surface area (Å²) in [6.07, 6.45) is 11.7. The molecule has 1 saturated carbocycles. The highest BCUT2D eigenvalue weighted by atomic mass is 16.4. The van der Waals surface area contributed by atoms with E-state index < -0.39 is 11.9 Å². The number of hydrogen-bond acceptors (Lipinski definition) is 4. The van der Waals surface area contributed by atoms with Crippen LogP contribution in [0.15, 0.2) is 30.9 Å². The van der Waals surface area contributed by atoms with Crippen molar-refractivity contribution in [1.29, 1.82) is 0 Å². The highest BCUT2D eigenvalue weighted by Crippen LogP contribution is 2.29. The Morgan fingerprint density at radius 1 is 1.29 bits per heavy atom. The molecule has 3 rings (SSSR count). The van der Waals surface area contributed by atoms with Gasteiger partial charge in [-0.2, -0.15) is 0 Å². The summed E-state index contributed by atoms with van der Waals surface area (Å²) in [5.41, 5.74) is 7.03. The zero-order valence-electron chi connectivity index (χ0n) is 13.6. The van der Waals surface area contributed by atoms with Gasteiger partial charge in [0.15, 0.2) is 0 Å². The van der Waals surface area contributed by atoms with Gasteiger partial charge in [0.1, 0.15) is 11.7 Å². The number of nitrogens with zero attached hydrogens (tertiary/aromatic N) is 3. The number of rotatable bonds is 5. The Morgan fingerprint density at radius 2 is 2.04 bits per heavy atom. The van der Waals surface area contributed by atoms with E-state index >= 15 is 0 Å². The maximum absolute atomic E-state index is 11.7. The molecule has 1 atom stereocenters. The molecular weight excluding hydrogens is 308 g/mol. The van der Waals surface area contributed by atoms with Gasteiger partial charge in [0, 0.05) is 18.4 Å². The van der Waals surface area contributed by atoms with Crippen LogP contribution in [-0.4, -0.2) is 31.1 Å². The SMILES string of the molecule is Nc1ccc(C[C@@H](C(=O)O)c2cn(C3CCCCC3)cn2)cn1.O. The molecule has 1 aliphatic rings. The number of aliphatic carboxylic acids is 1. The predicted molar refractivity (Wildman–Crippen MR) is 90.7 cm³/mol. The fraction of sp³-hybridized carbons (Fsp3) is 0.471. The van der Waals surface area contributed by atoms with Crippen molar-refractivity contribution in [2.24, 2.45) is 0 Å². The van der Waals surface area contributed by atoms with Gasteiger partial charge in [-0.1, -0.05) is 25.3 Å². The second kappa shape index (κ2) is 7.92. The van der Waals surface area contributed by atoms with E-state index in [1.165, 1.54) is 19.3 Å². The summed E-state index contributed by atoms with van der Waals surface area (Å²) in [7, 11) is 0. The van der Waals surface area contributed by atoms with Gasteiger partial charge in [0.05, 0.1) is 12.0 Å². The van der Waals surface area contributed by atoms with E-state index in [0.29, 0.717) is 24.0 Å². The lowest BCUT2D eigenvalue weighted by Crippen LogP contribution is -2.15. The quantitative estimate of drug-likeness (QED) is 0.865. The first-order chi connectivity index (χ1) is 11.1. The summed E-state index contributed by atoms with van der Waals surface area (Å²) in [4.78, 5) is 20.0. The molecule has 2 aromatic heterocycles. The van der Waals surface area contributed by atoms with Crippen LogP contribution >= 0.6 is 0 Å². The second-order valence-corrected chi connectivity index (χ2v) is 6.22. The van der Waals surface area contributed by atoms with Crippen molar-refractivity contribution in [3.63, 3.8) is 0 Å². The van der Waals surface area contributed by atoms with Crippen LogP contribution in [0.2, 0.25) is 0 Å². The molecule has 0 radical (unpaired) electrons. The molecule has 1 fully saturated rings. The van der Waals surface area contributed by atoms with Gasteiger partial charge in [0.2, 0.25) is 0 Å². The predicted octanol–water partition coefficient (Wildman–Crippen LogP) is 1.95. The number of anilines is 1. The number of aromatic nitrogens is 3. The van der Waals surface area contributed by atoms with Crippen LogP contribution in [0.4, 0.5) is 5.82 Å². The number of pyridine rings is 1. The molecular formula is C17H24N4O3. The minimum atomic E-state index is -0.865. The molecule has 130 valence electrons. The molecule has 7 nitrogen and oxygen atoms in total. The number of nitrogens with two attached hydrogens (primary N) is 1. The smallest absolute Gasteiger partial charge is 0.312 e. The fourth-order valence-electron chi connectivity index (χ4n) is 3.22. The average Bonchev–Trinajstić information content (AvgIpc) is 3.04. The number of carboxylic acids is 1. The lowest BCUT2D eigenvalue weighted by atomic mass is 9.95. The third-order valence-electron chi connectivity index (χ3n) is 4.56. The van der Waals surface area contributed by atoms with Crippen molar-refractivity contribution in [2.75, 3.05) is 5.73 Å². The van der Waals surface area contributed by atoms with E-state index in [1.807, 2.05) is 12.3 Å². The van der Waals surface area contributed by atoms with Crippen LogP contribution in [0.1, 0.15) is 55.3 Å². The van der Waals surface area contributed by atoms with Gasteiger partial charge >= 0.3 is 5.97 Å². The summed E-state index contributed by atoms with van der Waals surface area (Å²) in [6, 6.07) is 3.96. The van der Waals surface area contributed by atoms with E-state index in [0.717, 1.165) is 18.4 Å². The molecule has 2 heterocycles. The summed E-state index contributed by atoms with van der Waals surface area (Å²) in [5, 5.41) is 9.57. The van der Waals surface area contributed by atoms with Crippen LogP contribution in [0.25, 0.3) is 0 Å². The molecule has 1 aliphatic carbocycles. The zero-order valence-corrected chi connectivity index (χ0v) is 13.6. The number of carboxylic acid groups (broad SMARTS) is 1. The number of nitrogen functional groups attached to an aromatic ring is 1. The Kier molecular flexibility index (Phi) is 5.92. The first kappa shape index (κ1) is 17.9. The summed E-state index contributed by atoms with van der Waals surface area (Å²) < 4.78 is 2.09. The molecule has 7 heteroatoms. The fourth-order valence-corrected chi connectivity index (χ4v) is 3.22. The molecule has 0 unspecified atom stereocenters. The van der Waals surface area contributed by atoms with Crippen molar-refractivity contribution in [2.45, 2.75) is 50.5 Å². The molecule has 2 aromatic rings. The van der Waals surface area contributed by atoms with E-state index in [-0.39, 0.29) is 5.48 Å². The highest BCUT2D eigenvalue weighted by Gasteiger charge is 2.24. The van der Waals surface area contributed by atoms with Crippen LogP contribution in [0.5, 0.6) is 0 Å². The van der Waals surface area contributed by atoms with Gasteiger partial charge in [0.25, 0.3) is 0 Å². The van der Waals surface area contributed by atoms with Crippen molar-refractivity contribution in [3.8, 4) is 0 Å². The topological polar surface area (TPSA) is 126 Å². The molecule has 0 spiro atoms. The van der Waals surface area contributed by atoms with Crippen molar-refractivity contribution >= 4 is 11.8 Å². The van der Waals surface area contributed by atoms with Gasteiger partial charge < -0.3 is 20.9 Å². The minimum Gasteiger partial charge on any atom is -0.481 e. The summed E-state index contributed by atoms with van der Waals surface area (Å²) in [5.74, 6) is -1.09. The average molecular weight is 332 g/mol. The Bertz CT molecular complexity index is 663. The van der Waals surface area contributed by atoms with Gasteiger partial charge in [-0.15, -0.1) is 0 Å². The largest absolute Gasteiger partial charge is 0.481 e. The molecule has 0 amide bonds. The highest BCUT2D eigenvalue weighted by molar-refractivity contribution is 5.75. The van der Waals surface area contributed by atoms with Crippen molar-refractivity contribution in [3.05, 3.63) is 42.1 Å². The maximum Gasteiger partial charge on any atom is 0.312 e. The maximum atomic E-state index is 11.7. The third kappa shape index (κ3) is 4.11. The Labute approximate surface area is 140 Å². The van der Waals surface area contributed by atoms with Crippen LogP contribution < -0.4 is 5.73 Å². The third-order valence-corrected chi connectivity index (χ3v) is 4.56. The zero-order chi connectivity index (χ0) is 16.2. The lowest BCUT2D eigenvalue weighted by molar-refractivity contribution is -0.138. The standard InChI is InChI=1S/C17H22N4O2.H2O/c18-16-7-6-12(9-19-16)8-14(17(22)23)15-10-21(11-20-15)13-4-2-1-3-5-13;/h6-7,9-11,13-14H,1-5,8H2,(H2,18,19)(H,22,23);1H2/t14-;/m1./s1. The molecule has 0 aromatic carbocycles. The van der Waals surface area contributed by atoms with Gasteiger partial charge in [-0.3, -0.25) is 4.79 Å². The monoisotopic (exact) mass is 332 g/mol. The van der Waals surface area contributed by atoms with Crippen molar-refractivity contribution in [1.82, 2.24) is 14.5 Å². The van der Waals surface area contributed by atoms with E-state index in [1.54, 1.807) is 18.6 Å². The number of imidazole rings is 1. The van der Waals surface area contributed by atoms with E-state index in [9.17, 15) is 9.90 Å². The molecule has 0 bridgehead atoms. The van der Waals surface area contributed by atoms with Gasteiger partial charge in [-0.25, -0.2) is 9.97 Å². The minimum absolute atomic E-state index is 0. The Hall–Kier alpha value is -2.41. The summed E-state index contributed by atoms with van der Waals surface area (Å²) >= 11 is 0. The second-order valence-electron chi connectivity index (χ2n) is 6.22. The Balaban J connectivity index is 0.00000208. The van der Waals surface area contributed by atoms with Crippen LogP contribution in [0, 0.1) is 0 Å². The van der Waals surface area contributed by atoms with E-state index in [2.05, 4.69) is 14.5 Å².